The molecule has 1 N–H and O–H groups in total. The van der Waals surface area contributed by atoms with Gasteiger partial charge in [0.25, 0.3) is 0 Å². The summed E-state index contributed by atoms with van der Waals surface area (Å²) in [5.41, 5.74) is 5.25. The molecule has 0 saturated carbocycles. The van der Waals surface area contributed by atoms with Crippen molar-refractivity contribution in [2.45, 2.75) is 13.8 Å². The van der Waals surface area contributed by atoms with Crippen LogP contribution in [0.1, 0.15) is 11.1 Å². The zero-order chi connectivity index (χ0) is 14.8. The van der Waals surface area contributed by atoms with Gasteiger partial charge in [0.1, 0.15) is 5.82 Å². The van der Waals surface area contributed by atoms with Crippen molar-refractivity contribution in [2.75, 3.05) is 5.32 Å². The number of nitrogens with one attached hydrogen (secondary N) is 1. The molecule has 0 aliphatic carbocycles. The highest BCUT2D eigenvalue weighted by Gasteiger charge is 2.07. The van der Waals surface area contributed by atoms with E-state index in [9.17, 15) is 4.39 Å². The molecule has 0 unspecified atom stereocenters. The number of nitrogens with zero attached hydrogens (tertiary/aromatic N) is 1. The monoisotopic (exact) mass is 298 g/mol. The second-order valence-corrected chi connectivity index (χ2v) is 5.79. The minimum Gasteiger partial charge on any atom is -0.331 e. The highest BCUT2D eigenvalue weighted by atomic mass is 32.1. The van der Waals surface area contributed by atoms with Gasteiger partial charge in [0.05, 0.1) is 5.69 Å². The van der Waals surface area contributed by atoms with Gasteiger partial charge < -0.3 is 5.32 Å². The van der Waals surface area contributed by atoms with E-state index in [0.29, 0.717) is 0 Å². The molecule has 0 fully saturated rings. The minimum absolute atomic E-state index is 0.233. The highest BCUT2D eigenvalue weighted by molar-refractivity contribution is 7.14. The first kappa shape index (κ1) is 13.8. The molecule has 2 aromatic carbocycles. The van der Waals surface area contributed by atoms with E-state index in [1.165, 1.54) is 23.3 Å². The zero-order valence-electron chi connectivity index (χ0n) is 11.9. The summed E-state index contributed by atoms with van der Waals surface area (Å²) in [6.07, 6.45) is 0. The van der Waals surface area contributed by atoms with Crippen molar-refractivity contribution in [3.8, 4) is 11.3 Å². The van der Waals surface area contributed by atoms with Gasteiger partial charge in [-0.1, -0.05) is 18.2 Å². The van der Waals surface area contributed by atoms with Gasteiger partial charge in [-0.25, -0.2) is 9.37 Å². The summed E-state index contributed by atoms with van der Waals surface area (Å²) in [4.78, 5) is 4.57. The van der Waals surface area contributed by atoms with Crippen molar-refractivity contribution in [1.82, 2.24) is 4.98 Å². The molecule has 1 aromatic heterocycles. The largest absolute Gasteiger partial charge is 0.331 e. The fourth-order valence-electron chi connectivity index (χ4n) is 2.20. The van der Waals surface area contributed by atoms with Gasteiger partial charge in [-0.15, -0.1) is 11.3 Å². The van der Waals surface area contributed by atoms with Gasteiger partial charge in [-0.05, 0) is 49.2 Å². The van der Waals surface area contributed by atoms with Crippen molar-refractivity contribution >= 4 is 22.2 Å². The van der Waals surface area contributed by atoms with Crippen molar-refractivity contribution in [3.63, 3.8) is 0 Å². The SMILES string of the molecule is Cc1cccc(C)c1Nc1nc(-c2ccc(F)cc2)cs1. The van der Waals surface area contributed by atoms with E-state index >= 15 is 0 Å². The fraction of sp³-hybridized carbons (Fsp3) is 0.118. The third-order valence-corrected chi connectivity index (χ3v) is 4.11. The lowest BCUT2D eigenvalue weighted by Crippen LogP contribution is -1.95. The van der Waals surface area contributed by atoms with E-state index in [0.717, 1.165) is 22.1 Å². The summed E-state index contributed by atoms with van der Waals surface area (Å²) in [7, 11) is 0. The normalized spacial score (nSPS) is 10.6. The summed E-state index contributed by atoms with van der Waals surface area (Å²) in [5, 5.41) is 6.19. The standard InChI is InChI=1S/C17H15FN2S/c1-11-4-3-5-12(2)16(11)20-17-19-15(10-21-17)13-6-8-14(18)9-7-13/h3-10H,1-2H3,(H,19,20). The Labute approximate surface area is 127 Å². The number of anilines is 2. The Kier molecular flexibility index (Phi) is 3.71. The number of thiazole rings is 1. The molecule has 2 nitrogen and oxygen atoms in total. The molecule has 0 amide bonds. The first-order valence-corrected chi connectivity index (χ1v) is 7.56. The molecular weight excluding hydrogens is 283 g/mol. The van der Waals surface area contributed by atoms with Gasteiger partial charge in [0.2, 0.25) is 0 Å². The topological polar surface area (TPSA) is 24.9 Å². The first-order chi connectivity index (χ1) is 10.1. The lowest BCUT2D eigenvalue weighted by Gasteiger charge is -2.09. The summed E-state index contributed by atoms with van der Waals surface area (Å²) in [5.74, 6) is -0.233. The predicted octanol–water partition coefficient (Wildman–Crippen LogP) is 5.31. The lowest BCUT2D eigenvalue weighted by atomic mass is 10.1. The number of aromatic nitrogens is 1. The van der Waals surface area contributed by atoms with E-state index < -0.39 is 0 Å². The van der Waals surface area contributed by atoms with Crippen LogP contribution in [0.15, 0.2) is 47.8 Å². The van der Waals surface area contributed by atoms with E-state index in [2.05, 4.69) is 36.3 Å². The van der Waals surface area contributed by atoms with Crippen LogP contribution in [0.5, 0.6) is 0 Å². The van der Waals surface area contributed by atoms with Crippen LogP contribution in [-0.2, 0) is 0 Å². The number of rotatable bonds is 3. The number of aryl methyl sites for hydroxylation is 2. The molecule has 0 spiro atoms. The number of benzene rings is 2. The molecule has 21 heavy (non-hydrogen) atoms. The molecule has 106 valence electrons. The summed E-state index contributed by atoms with van der Waals surface area (Å²) in [6, 6.07) is 12.6. The van der Waals surface area contributed by atoms with E-state index in [-0.39, 0.29) is 5.82 Å². The third kappa shape index (κ3) is 2.95. The molecule has 3 aromatic rings. The molecule has 3 rings (SSSR count). The molecule has 4 heteroatoms. The van der Waals surface area contributed by atoms with Crippen molar-refractivity contribution in [1.29, 1.82) is 0 Å². The maximum Gasteiger partial charge on any atom is 0.187 e. The Morgan fingerprint density at radius 2 is 1.67 bits per heavy atom. The fourth-order valence-corrected chi connectivity index (χ4v) is 2.93. The molecule has 0 saturated heterocycles. The van der Waals surface area contributed by atoms with Gasteiger partial charge >= 0.3 is 0 Å². The summed E-state index contributed by atoms with van der Waals surface area (Å²) in [6.45, 7) is 4.15. The molecular formula is C17H15FN2S. The Morgan fingerprint density at radius 3 is 2.33 bits per heavy atom. The van der Waals surface area contributed by atoms with Gasteiger partial charge in [0, 0.05) is 16.6 Å². The zero-order valence-corrected chi connectivity index (χ0v) is 12.7. The van der Waals surface area contributed by atoms with Gasteiger partial charge in [-0.3, -0.25) is 0 Å². The van der Waals surface area contributed by atoms with Crippen LogP contribution in [-0.4, -0.2) is 4.98 Å². The molecule has 0 aliphatic rings. The number of para-hydroxylation sites is 1. The second-order valence-electron chi connectivity index (χ2n) is 4.94. The van der Waals surface area contributed by atoms with Crippen LogP contribution in [0.4, 0.5) is 15.2 Å². The van der Waals surface area contributed by atoms with E-state index in [1.54, 1.807) is 23.5 Å². The lowest BCUT2D eigenvalue weighted by molar-refractivity contribution is 0.628. The van der Waals surface area contributed by atoms with Gasteiger partial charge in [-0.2, -0.15) is 0 Å². The third-order valence-electron chi connectivity index (χ3n) is 3.36. The van der Waals surface area contributed by atoms with Crippen molar-refractivity contribution in [3.05, 3.63) is 64.8 Å². The summed E-state index contributed by atoms with van der Waals surface area (Å²) < 4.78 is 13.0. The quantitative estimate of drug-likeness (QED) is 0.709. The van der Waals surface area contributed by atoms with Crippen LogP contribution >= 0.6 is 11.3 Å². The van der Waals surface area contributed by atoms with E-state index in [1.807, 2.05) is 11.4 Å². The minimum atomic E-state index is -0.233. The maximum absolute atomic E-state index is 13.0. The van der Waals surface area contributed by atoms with Crippen LogP contribution < -0.4 is 5.32 Å². The molecule has 0 atom stereocenters. The van der Waals surface area contributed by atoms with Crippen LogP contribution in [0, 0.1) is 19.7 Å². The van der Waals surface area contributed by atoms with Gasteiger partial charge in [0.15, 0.2) is 5.13 Å². The van der Waals surface area contributed by atoms with E-state index in [4.69, 9.17) is 0 Å². The van der Waals surface area contributed by atoms with Crippen LogP contribution in [0.3, 0.4) is 0 Å². The Balaban J connectivity index is 1.87. The average Bonchev–Trinajstić information content (AvgIpc) is 2.92. The Hall–Kier alpha value is -2.20. The molecule has 1 heterocycles. The number of halogens is 1. The molecule has 0 aliphatic heterocycles. The van der Waals surface area contributed by atoms with Crippen molar-refractivity contribution < 1.29 is 4.39 Å². The smallest absolute Gasteiger partial charge is 0.187 e. The first-order valence-electron chi connectivity index (χ1n) is 6.68. The Bertz CT molecular complexity index is 742. The van der Waals surface area contributed by atoms with Crippen molar-refractivity contribution in [2.24, 2.45) is 0 Å². The summed E-state index contributed by atoms with van der Waals surface area (Å²) >= 11 is 1.54. The van der Waals surface area contributed by atoms with Crippen LogP contribution in [0.25, 0.3) is 11.3 Å². The predicted molar refractivity (Wildman–Crippen MR) is 86.7 cm³/mol. The molecule has 0 radical (unpaired) electrons. The van der Waals surface area contributed by atoms with Crippen LogP contribution in [0.2, 0.25) is 0 Å². The average molecular weight is 298 g/mol. The molecule has 0 bridgehead atoms. The number of hydrogen-bond donors (Lipinski definition) is 1. The second kappa shape index (κ2) is 5.66. The maximum atomic E-state index is 13.0. The number of hydrogen-bond acceptors (Lipinski definition) is 3. The Morgan fingerprint density at radius 1 is 1.00 bits per heavy atom. The highest BCUT2D eigenvalue weighted by Crippen LogP contribution is 2.29.